The lowest BCUT2D eigenvalue weighted by Crippen LogP contribution is -2.16. The molecule has 72 valence electrons. The zero-order valence-corrected chi connectivity index (χ0v) is 8.03. The summed E-state index contributed by atoms with van der Waals surface area (Å²) < 4.78 is 0. The second-order valence-corrected chi connectivity index (χ2v) is 3.07. The molecule has 1 aromatic rings. The third kappa shape index (κ3) is 3.57. The summed E-state index contributed by atoms with van der Waals surface area (Å²) in [6, 6.07) is 9.77. The highest BCUT2D eigenvalue weighted by molar-refractivity contribution is 5.17. The normalized spacial score (nSPS) is 12.8. The molecule has 0 aliphatic carbocycles. The van der Waals surface area contributed by atoms with Crippen LogP contribution in [-0.2, 0) is 0 Å². The molecule has 0 aromatic heterocycles. The molecule has 0 bridgehead atoms. The van der Waals surface area contributed by atoms with Gasteiger partial charge in [0.2, 0.25) is 0 Å². The van der Waals surface area contributed by atoms with Gasteiger partial charge in [0.15, 0.2) is 0 Å². The van der Waals surface area contributed by atoms with Gasteiger partial charge in [0.05, 0.1) is 6.10 Å². The van der Waals surface area contributed by atoms with Crippen molar-refractivity contribution >= 4 is 0 Å². The van der Waals surface area contributed by atoms with E-state index in [0.29, 0.717) is 0 Å². The van der Waals surface area contributed by atoms with Crippen molar-refractivity contribution in [2.24, 2.45) is 0 Å². The number of benzene rings is 1. The third-order valence-electron chi connectivity index (χ3n) is 2.03. The third-order valence-corrected chi connectivity index (χ3v) is 2.03. The maximum atomic E-state index is 9.71. The lowest BCUT2D eigenvalue weighted by molar-refractivity contribution is 0.167. The summed E-state index contributed by atoms with van der Waals surface area (Å²) in [6.45, 7) is 3.89. The average molecular weight is 179 g/mol. The molecule has 0 aliphatic heterocycles. The number of hydrogen-bond donors (Lipinski definition) is 2. The Balaban J connectivity index is 2.35. The highest BCUT2D eigenvalue weighted by atomic mass is 16.3. The predicted octanol–water partition coefficient (Wildman–Crippen LogP) is 1.72. The number of aliphatic hydroxyl groups is 1. The van der Waals surface area contributed by atoms with Gasteiger partial charge in [-0.2, -0.15) is 0 Å². The Hall–Kier alpha value is -0.860. The van der Waals surface area contributed by atoms with Crippen molar-refractivity contribution in [2.45, 2.75) is 19.4 Å². The van der Waals surface area contributed by atoms with Gasteiger partial charge >= 0.3 is 0 Å². The van der Waals surface area contributed by atoms with Crippen LogP contribution in [0.25, 0.3) is 0 Å². The van der Waals surface area contributed by atoms with E-state index in [2.05, 4.69) is 12.2 Å². The van der Waals surface area contributed by atoms with Gasteiger partial charge in [0.25, 0.3) is 0 Å². The van der Waals surface area contributed by atoms with Crippen LogP contribution in [-0.4, -0.2) is 18.2 Å². The highest BCUT2D eigenvalue weighted by Crippen LogP contribution is 2.14. The maximum Gasteiger partial charge on any atom is 0.0802 e. The van der Waals surface area contributed by atoms with Gasteiger partial charge < -0.3 is 10.4 Å². The number of aliphatic hydroxyl groups excluding tert-OH is 1. The van der Waals surface area contributed by atoms with Crippen LogP contribution >= 0.6 is 0 Å². The fourth-order valence-corrected chi connectivity index (χ4v) is 1.26. The van der Waals surface area contributed by atoms with E-state index in [9.17, 15) is 5.11 Å². The Labute approximate surface area is 79.6 Å². The van der Waals surface area contributed by atoms with Crippen molar-refractivity contribution in [2.75, 3.05) is 13.1 Å². The van der Waals surface area contributed by atoms with E-state index in [1.165, 1.54) is 0 Å². The summed E-state index contributed by atoms with van der Waals surface area (Å²) in [5.41, 5.74) is 1.00. The Kier molecular flexibility index (Phi) is 4.50. The molecule has 1 aromatic carbocycles. The standard InChI is InChI=1S/C11H17NO/c1-2-12-9-8-11(13)10-6-4-3-5-7-10/h3-7,11-13H,2,8-9H2,1H3/t11-/m1/s1. The molecule has 0 saturated heterocycles. The molecule has 2 heteroatoms. The molecular weight excluding hydrogens is 162 g/mol. The molecule has 2 N–H and O–H groups in total. The molecule has 0 amide bonds. The minimum atomic E-state index is -0.333. The minimum Gasteiger partial charge on any atom is -0.388 e. The van der Waals surface area contributed by atoms with Crippen LogP contribution in [0, 0.1) is 0 Å². The van der Waals surface area contributed by atoms with Crippen molar-refractivity contribution in [1.82, 2.24) is 5.32 Å². The molecule has 0 fully saturated rings. The van der Waals surface area contributed by atoms with Crippen LogP contribution in [0.2, 0.25) is 0 Å². The number of rotatable bonds is 5. The van der Waals surface area contributed by atoms with Gasteiger partial charge in [-0.25, -0.2) is 0 Å². The van der Waals surface area contributed by atoms with Crippen molar-refractivity contribution in [1.29, 1.82) is 0 Å². The monoisotopic (exact) mass is 179 g/mol. The van der Waals surface area contributed by atoms with Crippen LogP contribution in [0.5, 0.6) is 0 Å². The average Bonchev–Trinajstić information content (AvgIpc) is 2.19. The Bertz CT molecular complexity index is 223. The van der Waals surface area contributed by atoms with Gasteiger partial charge in [-0.3, -0.25) is 0 Å². The Morgan fingerprint density at radius 3 is 2.62 bits per heavy atom. The molecular formula is C11H17NO. The maximum absolute atomic E-state index is 9.71. The zero-order chi connectivity index (χ0) is 9.52. The predicted molar refractivity (Wildman–Crippen MR) is 54.6 cm³/mol. The quantitative estimate of drug-likeness (QED) is 0.674. The molecule has 1 rings (SSSR count). The minimum absolute atomic E-state index is 0.333. The molecule has 2 nitrogen and oxygen atoms in total. The van der Waals surface area contributed by atoms with Crippen LogP contribution in [0.3, 0.4) is 0 Å². The van der Waals surface area contributed by atoms with E-state index >= 15 is 0 Å². The lowest BCUT2D eigenvalue weighted by Gasteiger charge is -2.10. The van der Waals surface area contributed by atoms with Gasteiger partial charge in [-0.15, -0.1) is 0 Å². The first kappa shape index (κ1) is 10.2. The summed E-state index contributed by atoms with van der Waals surface area (Å²) in [4.78, 5) is 0. The fourth-order valence-electron chi connectivity index (χ4n) is 1.26. The molecule has 1 atom stereocenters. The van der Waals surface area contributed by atoms with Gasteiger partial charge in [-0.1, -0.05) is 37.3 Å². The lowest BCUT2D eigenvalue weighted by atomic mass is 10.1. The van der Waals surface area contributed by atoms with Gasteiger partial charge in [0.1, 0.15) is 0 Å². The summed E-state index contributed by atoms with van der Waals surface area (Å²) in [7, 11) is 0. The van der Waals surface area contributed by atoms with Crippen LogP contribution in [0.15, 0.2) is 30.3 Å². The van der Waals surface area contributed by atoms with Crippen LogP contribution < -0.4 is 5.32 Å². The molecule has 0 unspecified atom stereocenters. The molecule has 13 heavy (non-hydrogen) atoms. The number of nitrogens with one attached hydrogen (secondary N) is 1. The summed E-state index contributed by atoms with van der Waals surface area (Å²) in [5.74, 6) is 0. The molecule has 0 saturated carbocycles. The zero-order valence-electron chi connectivity index (χ0n) is 8.03. The van der Waals surface area contributed by atoms with Crippen molar-refractivity contribution < 1.29 is 5.11 Å². The van der Waals surface area contributed by atoms with Crippen LogP contribution in [0.4, 0.5) is 0 Å². The van der Waals surface area contributed by atoms with Gasteiger partial charge in [0, 0.05) is 0 Å². The van der Waals surface area contributed by atoms with Crippen molar-refractivity contribution in [3.8, 4) is 0 Å². The summed E-state index contributed by atoms with van der Waals surface area (Å²) in [6.07, 6.45) is 0.443. The first-order chi connectivity index (χ1) is 6.34. The second-order valence-electron chi connectivity index (χ2n) is 3.07. The van der Waals surface area contributed by atoms with E-state index in [0.717, 1.165) is 25.1 Å². The summed E-state index contributed by atoms with van der Waals surface area (Å²) in [5, 5.41) is 12.9. The molecule has 0 heterocycles. The molecule has 0 aliphatic rings. The van der Waals surface area contributed by atoms with Gasteiger partial charge in [-0.05, 0) is 25.1 Å². The Morgan fingerprint density at radius 2 is 2.00 bits per heavy atom. The molecule has 0 spiro atoms. The van der Waals surface area contributed by atoms with E-state index in [4.69, 9.17) is 0 Å². The smallest absolute Gasteiger partial charge is 0.0802 e. The topological polar surface area (TPSA) is 32.3 Å². The fraction of sp³-hybridized carbons (Fsp3) is 0.455. The van der Waals surface area contributed by atoms with Crippen molar-refractivity contribution in [3.63, 3.8) is 0 Å². The highest BCUT2D eigenvalue weighted by Gasteiger charge is 2.04. The number of hydrogen-bond acceptors (Lipinski definition) is 2. The van der Waals surface area contributed by atoms with Crippen LogP contribution in [0.1, 0.15) is 25.0 Å². The first-order valence-electron chi connectivity index (χ1n) is 4.78. The van der Waals surface area contributed by atoms with Crippen molar-refractivity contribution in [3.05, 3.63) is 35.9 Å². The largest absolute Gasteiger partial charge is 0.388 e. The summed E-state index contributed by atoms with van der Waals surface area (Å²) >= 11 is 0. The van der Waals surface area contributed by atoms with E-state index in [-0.39, 0.29) is 6.10 Å². The molecule has 0 radical (unpaired) electrons. The van der Waals surface area contributed by atoms with E-state index in [1.54, 1.807) is 0 Å². The Morgan fingerprint density at radius 1 is 1.31 bits per heavy atom. The van der Waals surface area contributed by atoms with E-state index < -0.39 is 0 Å². The van der Waals surface area contributed by atoms with E-state index in [1.807, 2.05) is 30.3 Å². The first-order valence-corrected chi connectivity index (χ1v) is 4.78. The SMILES string of the molecule is CCNCC[C@@H](O)c1ccccc1. The second kappa shape index (κ2) is 5.73.